The summed E-state index contributed by atoms with van der Waals surface area (Å²) >= 11 is 5.89. The zero-order valence-electron chi connectivity index (χ0n) is 15.2. The number of rotatable bonds is 5. The highest BCUT2D eigenvalue weighted by Gasteiger charge is 2.58. The first kappa shape index (κ1) is 18.1. The largest absolute Gasteiger partial charge is 0.355 e. The lowest BCUT2D eigenvalue weighted by Crippen LogP contribution is -2.47. The van der Waals surface area contributed by atoms with Gasteiger partial charge in [-0.25, -0.2) is 0 Å². The van der Waals surface area contributed by atoms with Gasteiger partial charge in [-0.2, -0.15) is 0 Å². The molecule has 0 spiro atoms. The molecule has 0 bridgehead atoms. The molecule has 1 saturated carbocycles. The third kappa shape index (κ3) is 3.72. The van der Waals surface area contributed by atoms with E-state index in [1.165, 1.54) is 11.1 Å². The van der Waals surface area contributed by atoms with Crippen molar-refractivity contribution in [2.45, 2.75) is 32.2 Å². The van der Waals surface area contributed by atoms with Gasteiger partial charge in [0.05, 0.1) is 0 Å². The molecule has 2 amide bonds. The van der Waals surface area contributed by atoms with Crippen molar-refractivity contribution in [3.05, 3.63) is 70.2 Å². The fourth-order valence-corrected chi connectivity index (χ4v) is 3.90. The minimum Gasteiger partial charge on any atom is -0.355 e. The topological polar surface area (TPSA) is 49.4 Å². The van der Waals surface area contributed by atoms with E-state index < -0.39 is 5.41 Å². The molecule has 0 unspecified atom stereocenters. The van der Waals surface area contributed by atoms with Crippen LogP contribution in [-0.2, 0) is 29.0 Å². The highest BCUT2D eigenvalue weighted by atomic mass is 35.5. The summed E-state index contributed by atoms with van der Waals surface area (Å²) in [4.78, 5) is 27.6. The SMILES string of the molecule is O=C(NCCc1ccc(Cl)cc1)C1(C(=O)N2CCc3ccccc3C2)CC1. The fraction of sp³-hybridized carbons (Fsp3) is 0.364. The number of carbonyl (C=O) groups is 2. The molecule has 4 rings (SSSR count). The van der Waals surface area contributed by atoms with Gasteiger partial charge in [-0.15, -0.1) is 0 Å². The Bertz CT molecular complexity index is 859. The molecule has 0 aromatic heterocycles. The lowest BCUT2D eigenvalue weighted by Gasteiger charge is -2.31. The summed E-state index contributed by atoms with van der Waals surface area (Å²) in [5.74, 6) is -0.138. The Hall–Kier alpha value is -2.33. The van der Waals surface area contributed by atoms with E-state index in [9.17, 15) is 9.59 Å². The van der Waals surface area contributed by atoms with E-state index in [1.54, 1.807) is 0 Å². The molecule has 5 heteroatoms. The van der Waals surface area contributed by atoms with Gasteiger partial charge < -0.3 is 10.2 Å². The minimum absolute atomic E-state index is 0.0130. The maximum absolute atomic E-state index is 13.1. The first-order chi connectivity index (χ1) is 13.1. The highest BCUT2D eigenvalue weighted by Crippen LogP contribution is 2.48. The number of hydrogen-bond donors (Lipinski definition) is 1. The van der Waals surface area contributed by atoms with Crippen LogP contribution in [-0.4, -0.2) is 29.8 Å². The molecule has 2 aromatic rings. The van der Waals surface area contributed by atoms with Crippen LogP contribution in [0.3, 0.4) is 0 Å². The number of fused-ring (bicyclic) bond motifs is 1. The average molecular weight is 383 g/mol. The predicted molar refractivity (Wildman–Crippen MR) is 105 cm³/mol. The van der Waals surface area contributed by atoms with E-state index in [2.05, 4.69) is 17.4 Å². The van der Waals surface area contributed by atoms with E-state index in [-0.39, 0.29) is 11.8 Å². The van der Waals surface area contributed by atoms with Gasteiger partial charge in [-0.05, 0) is 54.5 Å². The molecule has 2 aliphatic rings. The summed E-state index contributed by atoms with van der Waals surface area (Å²) in [5, 5.41) is 3.67. The maximum Gasteiger partial charge on any atom is 0.238 e. The number of hydrogen-bond acceptors (Lipinski definition) is 2. The summed E-state index contributed by atoms with van der Waals surface area (Å²) in [7, 11) is 0. The quantitative estimate of drug-likeness (QED) is 0.806. The normalized spacial score (nSPS) is 17.1. The molecular formula is C22H23ClN2O2. The van der Waals surface area contributed by atoms with Crippen molar-refractivity contribution in [3.63, 3.8) is 0 Å². The fourth-order valence-electron chi connectivity index (χ4n) is 3.78. The molecule has 1 aliphatic heterocycles. The molecule has 140 valence electrons. The third-order valence-electron chi connectivity index (χ3n) is 5.62. The van der Waals surface area contributed by atoms with Gasteiger partial charge in [0.25, 0.3) is 0 Å². The van der Waals surface area contributed by atoms with E-state index in [4.69, 9.17) is 11.6 Å². The Balaban J connectivity index is 1.34. The predicted octanol–water partition coefficient (Wildman–Crippen LogP) is 3.36. The van der Waals surface area contributed by atoms with Crippen LogP contribution in [0.2, 0.25) is 5.02 Å². The average Bonchev–Trinajstić information content (AvgIpc) is 3.50. The Labute approximate surface area is 164 Å². The number of carbonyl (C=O) groups excluding carboxylic acids is 2. The zero-order valence-corrected chi connectivity index (χ0v) is 16.0. The van der Waals surface area contributed by atoms with Gasteiger partial charge in [0.15, 0.2) is 0 Å². The smallest absolute Gasteiger partial charge is 0.238 e. The lowest BCUT2D eigenvalue weighted by molar-refractivity contribution is -0.145. The Morgan fingerprint density at radius 2 is 1.74 bits per heavy atom. The first-order valence-electron chi connectivity index (χ1n) is 9.47. The van der Waals surface area contributed by atoms with Crippen LogP contribution in [0.1, 0.15) is 29.5 Å². The molecule has 1 N–H and O–H groups in total. The van der Waals surface area contributed by atoms with Crippen LogP contribution in [0.25, 0.3) is 0 Å². The van der Waals surface area contributed by atoms with Gasteiger partial charge in [-0.1, -0.05) is 48.0 Å². The van der Waals surface area contributed by atoms with Crippen LogP contribution in [0, 0.1) is 5.41 Å². The molecule has 27 heavy (non-hydrogen) atoms. The number of nitrogens with one attached hydrogen (secondary N) is 1. The van der Waals surface area contributed by atoms with Crippen LogP contribution < -0.4 is 5.32 Å². The zero-order chi connectivity index (χ0) is 18.9. The Morgan fingerprint density at radius 1 is 1.04 bits per heavy atom. The molecule has 0 atom stereocenters. The van der Waals surface area contributed by atoms with Gasteiger partial charge >= 0.3 is 0 Å². The highest BCUT2D eigenvalue weighted by molar-refractivity contribution is 6.30. The van der Waals surface area contributed by atoms with Crippen molar-refractivity contribution in [2.75, 3.05) is 13.1 Å². The molecule has 0 radical (unpaired) electrons. The third-order valence-corrected chi connectivity index (χ3v) is 5.88. The molecule has 1 aliphatic carbocycles. The second kappa shape index (κ2) is 7.35. The molecule has 1 fully saturated rings. The van der Waals surface area contributed by atoms with Gasteiger partial charge in [0, 0.05) is 24.7 Å². The number of benzene rings is 2. The number of halogens is 1. The molecule has 0 saturated heterocycles. The Morgan fingerprint density at radius 3 is 2.44 bits per heavy atom. The summed E-state index contributed by atoms with van der Waals surface area (Å²) in [6.07, 6.45) is 2.88. The van der Waals surface area contributed by atoms with Crippen molar-refractivity contribution in [1.29, 1.82) is 0 Å². The maximum atomic E-state index is 13.1. The van der Waals surface area contributed by atoms with Crippen molar-refractivity contribution < 1.29 is 9.59 Å². The summed E-state index contributed by atoms with van der Waals surface area (Å²) in [6, 6.07) is 15.8. The second-order valence-electron chi connectivity index (χ2n) is 7.46. The van der Waals surface area contributed by atoms with Gasteiger partial charge in [-0.3, -0.25) is 9.59 Å². The summed E-state index contributed by atoms with van der Waals surface area (Å²) in [6.45, 7) is 1.82. The molecule has 1 heterocycles. The van der Waals surface area contributed by atoms with E-state index >= 15 is 0 Å². The minimum atomic E-state index is -0.841. The molecule has 4 nitrogen and oxygen atoms in total. The van der Waals surface area contributed by atoms with E-state index in [1.807, 2.05) is 41.3 Å². The van der Waals surface area contributed by atoms with Gasteiger partial charge in [0.2, 0.25) is 11.8 Å². The van der Waals surface area contributed by atoms with Crippen molar-refractivity contribution in [1.82, 2.24) is 10.2 Å². The van der Waals surface area contributed by atoms with E-state index in [0.29, 0.717) is 37.5 Å². The molecule has 2 aromatic carbocycles. The van der Waals surface area contributed by atoms with E-state index in [0.717, 1.165) is 18.4 Å². The van der Waals surface area contributed by atoms with Crippen molar-refractivity contribution in [2.24, 2.45) is 5.41 Å². The first-order valence-corrected chi connectivity index (χ1v) is 9.85. The lowest BCUT2D eigenvalue weighted by atomic mass is 9.97. The summed E-state index contributed by atoms with van der Waals surface area (Å²) < 4.78 is 0. The van der Waals surface area contributed by atoms with Crippen LogP contribution in [0.4, 0.5) is 0 Å². The summed E-state index contributed by atoms with van der Waals surface area (Å²) in [5.41, 5.74) is 2.77. The van der Waals surface area contributed by atoms with Gasteiger partial charge in [0.1, 0.15) is 5.41 Å². The van der Waals surface area contributed by atoms with Crippen LogP contribution in [0.5, 0.6) is 0 Å². The van der Waals surface area contributed by atoms with Crippen LogP contribution in [0.15, 0.2) is 48.5 Å². The van der Waals surface area contributed by atoms with Crippen LogP contribution >= 0.6 is 11.6 Å². The molecular weight excluding hydrogens is 360 g/mol. The monoisotopic (exact) mass is 382 g/mol. The standard InChI is InChI=1S/C22H23ClN2O2/c23-19-7-5-16(6-8-19)9-13-24-20(26)22(11-12-22)21(27)25-14-10-17-3-1-2-4-18(17)15-25/h1-8H,9-15H2,(H,24,26). The number of nitrogens with zero attached hydrogens (tertiary/aromatic N) is 1. The number of amides is 2. The second-order valence-corrected chi connectivity index (χ2v) is 7.90. The van der Waals surface area contributed by atoms with Crippen molar-refractivity contribution in [3.8, 4) is 0 Å². The Kier molecular flexibility index (Phi) is 4.92. The van der Waals surface area contributed by atoms with Crippen molar-refractivity contribution >= 4 is 23.4 Å².